The van der Waals surface area contributed by atoms with Crippen LogP contribution >= 0.6 is 0 Å². The van der Waals surface area contributed by atoms with Crippen molar-refractivity contribution in [2.75, 3.05) is 26.8 Å². The topological polar surface area (TPSA) is 59.6 Å². The quantitative estimate of drug-likeness (QED) is 0.609. The average molecular weight is 314 g/mol. The van der Waals surface area contributed by atoms with Gasteiger partial charge in [0.1, 0.15) is 5.60 Å². The zero-order chi connectivity index (χ0) is 16.6. The van der Waals surface area contributed by atoms with Gasteiger partial charge in [0.2, 0.25) is 0 Å². The molecule has 5 nitrogen and oxygen atoms in total. The van der Waals surface area contributed by atoms with Gasteiger partial charge in [0.05, 0.1) is 6.61 Å². The SMILES string of the molecule is COCC(CCCNC(=O)OC(C)(C)C)NCC(C)C1CC1. The average Bonchev–Trinajstić information content (AvgIpc) is 3.22. The van der Waals surface area contributed by atoms with Gasteiger partial charge in [-0.1, -0.05) is 6.92 Å². The molecule has 0 aliphatic heterocycles. The summed E-state index contributed by atoms with van der Waals surface area (Å²) >= 11 is 0. The smallest absolute Gasteiger partial charge is 0.407 e. The van der Waals surface area contributed by atoms with Crippen molar-refractivity contribution in [1.29, 1.82) is 0 Å². The van der Waals surface area contributed by atoms with E-state index in [4.69, 9.17) is 9.47 Å². The highest BCUT2D eigenvalue weighted by molar-refractivity contribution is 5.67. The standard InChI is InChI=1S/C17H34N2O3/c1-13(14-8-9-14)11-19-15(12-21-5)7-6-10-18-16(20)22-17(2,3)4/h13-15,19H,6-12H2,1-5H3,(H,18,20). The highest BCUT2D eigenvalue weighted by atomic mass is 16.6. The zero-order valence-corrected chi connectivity index (χ0v) is 14.9. The molecule has 0 saturated heterocycles. The molecule has 0 aromatic heterocycles. The van der Waals surface area contributed by atoms with E-state index in [2.05, 4.69) is 17.6 Å². The Kier molecular flexibility index (Phi) is 8.18. The van der Waals surface area contributed by atoms with E-state index in [-0.39, 0.29) is 6.09 Å². The van der Waals surface area contributed by atoms with E-state index in [9.17, 15) is 4.79 Å². The number of nitrogens with one attached hydrogen (secondary N) is 2. The first-order valence-corrected chi connectivity index (χ1v) is 8.51. The number of amides is 1. The molecule has 0 radical (unpaired) electrons. The summed E-state index contributed by atoms with van der Waals surface area (Å²) in [6, 6.07) is 0.353. The molecular weight excluding hydrogens is 280 g/mol. The van der Waals surface area contributed by atoms with Crippen molar-refractivity contribution in [3.63, 3.8) is 0 Å². The van der Waals surface area contributed by atoms with Gasteiger partial charge in [-0.15, -0.1) is 0 Å². The molecule has 1 aliphatic carbocycles. The lowest BCUT2D eigenvalue weighted by Gasteiger charge is -2.21. The highest BCUT2D eigenvalue weighted by Crippen LogP contribution is 2.36. The van der Waals surface area contributed by atoms with Crippen LogP contribution in [0.4, 0.5) is 4.79 Å². The summed E-state index contributed by atoms with van der Waals surface area (Å²) < 4.78 is 10.5. The van der Waals surface area contributed by atoms with Gasteiger partial charge in [-0.05, 0) is 64.8 Å². The highest BCUT2D eigenvalue weighted by Gasteiger charge is 2.27. The Balaban J connectivity index is 2.13. The molecule has 0 spiro atoms. The summed E-state index contributed by atoms with van der Waals surface area (Å²) in [4.78, 5) is 11.6. The maximum Gasteiger partial charge on any atom is 0.407 e. The number of carbonyl (C=O) groups is 1. The minimum absolute atomic E-state index is 0.342. The van der Waals surface area contributed by atoms with Crippen molar-refractivity contribution in [2.24, 2.45) is 11.8 Å². The van der Waals surface area contributed by atoms with Gasteiger partial charge in [0, 0.05) is 19.7 Å². The third-order valence-electron chi connectivity index (χ3n) is 3.92. The second kappa shape index (κ2) is 9.36. The summed E-state index contributed by atoms with van der Waals surface area (Å²) in [5, 5.41) is 6.40. The predicted molar refractivity (Wildman–Crippen MR) is 89.0 cm³/mol. The van der Waals surface area contributed by atoms with Crippen LogP contribution in [0.5, 0.6) is 0 Å². The number of carbonyl (C=O) groups excluding carboxylic acids is 1. The lowest BCUT2D eigenvalue weighted by atomic mass is 10.1. The molecule has 0 aromatic rings. The second-order valence-corrected chi connectivity index (χ2v) is 7.45. The first-order valence-electron chi connectivity index (χ1n) is 8.51. The molecule has 0 aromatic carbocycles. The van der Waals surface area contributed by atoms with Crippen molar-refractivity contribution < 1.29 is 14.3 Å². The minimum atomic E-state index is -0.441. The van der Waals surface area contributed by atoms with Crippen LogP contribution in [0.2, 0.25) is 0 Å². The fourth-order valence-corrected chi connectivity index (χ4v) is 2.48. The molecule has 1 fully saturated rings. The third-order valence-corrected chi connectivity index (χ3v) is 3.92. The van der Waals surface area contributed by atoms with Gasteiger partial charge in [0.25, 0.3) is 0 Å². The van der Waals surface area contributed by atoms with Gasteiger partial charge in [0.15, 0.2) is 0 Å². The number of alkyl carbamates (subject to hydrolysis) is 1. The number of hydrogen-bond donors (Lipinski definition) is 2. The van der Waals surface area contributed by atoms with Crippen molar-refractivity contribution in [3.8, 4) is 0 Å². The summed E-state index contributed by atoms with van der Waals surface area (Å²) in [6.07, 6.45) is 4.33. The zero-order valence-electron chi connectivity index (χ0n) is 14.9. The number of methoxy groups -OCH3 is 1. The first kappa shape index (κ1) is 19.2. The fourth-order valence-electron chi connectivity index (χ4n) is 2.48. The Morgan fingerprint density at radius 2 is 2.00 bits per heavy atom. The number of hydrogen-bond acceptors (Lipinski definition) is 4. The summed E-state index contributed by atoms with van der Waals surface area (Å²) in [6.45, 7) is 10.3. The molecule has 0 bridgehead atoms. The van der Waals surface area contributed by atoms with E-state index in [0.29, 0.717) is 19.2 Å². The molecule has 0 heterocycles. The van der Waals surface area contributed by atoms with Crippen molar-refractivity contribution in [2.45, 2.75) is 65.0 Å². The molecule has 1 aliphatic rings. The van der Waals surface area contributed by atoms with Crippen molar-refractivity contribution in [3.05, 3.63) is 0 Å². The molecule has 22 heavy (non-hydrogen) atoms. The van der Waals surface area contributed by atoms with E-state index < -0.39 is 5.60 Å². The van der Waals surface area contributed by atoms with E-state index in [1.165, 1.54) is 12.8 Å². The molecule has 2 N–H and O–H groups in total. The number of ether oxygens (including phenoxy) is 2. The van der Waals surface area contributed by atoms with Crippen LogP contribution < -0.4 is 10.6 Å². The molecule has 5 heteroatoms. The molecule has 130 valence electrons. The van der Waals surface area contributed by atoms with E-state index in [1.807, 2.05) is 20.8 Å². The van der Waals surface area contributed by atoms with Crippen LogP contribution in [-0.2, 0) is 9.47 Å². The Morgan fingerprint density at radius 3 is 2.55 bits per heavy atom. The maximum atomic E-state index is 11.6. The predicted octanol–water partition coefficient (Wildman–Crippen LogP) is 2.94. The van der Waals surface area contributed by atoms with E-state index in [0.717, 1.165) is 31.2 Å². The van der Waals surface area contributed by atoms with Gasteiger partial charge < -0.3 is 20.1 Å². The van der Waals surface area contributed by atoms with Gasteiger partial charge in [-0.3, -0.25) is 0 Å². The molecular formula is C17H34N2O3. The molecule has 1 saturated carbocycles. The van der Waals surface area contributed by atoms with E-state index in [1.54, 1.807) is 7.11 Å². The summed E-state index contributed by atoms with van der Waals surface area (Å²) in [5.41, 5.74) is -0.441. The minimum Gasteiger partial charge on any atom is -0.444 e. The monoisotopic (exact) mass is 314 g/mol. The molecule has 1 amide bonds. The van der Waals surface area contributed by atoms with Crippen LogP contribution in [0.3, 0.4) is 0 Å². The molecule has 1 rings (SSSR count). The normalized spacial score (nSPS) is 17.9. The maximum absolute atomic E-state index is 11.6. The summed E-state index contributed by atoms with van der Waals surface area (Å²) in [5.74, 6) is 1.67. The van der Waals surface area contributed by atoms with Crippen LogP contribution in [0.1, 0.15) is 53.4 Å². The summed E-state index contributed by atoms with van der Waals surface area (Å²) in [7, 11) is 1.73. The Morgan fingerprint density at radius 1 is 1.32 bits per heavy atom. The molecule has 2 atom stereocenters. The Hall–Kier alpha value is -0.810. The first-order chi connectivity index (χ1) is 10.3. The van der Waals surface area contributed by atoms with Crippen LogP contribution in [0.15, 0.2) is 0 Å². The van der Waals surface area contributed by atoms with Gasteiger partial charge in [-0.2, -0.15) is 0 Å². The van der Waals surface area contributed by atoms with Crippen molar-refractivity contribution in [1.82, 2.24) is 10.6 Å². The lowest BCUT2D eigenvalue weighted by Crippen LogP contribution is -2.38. The van der Waals surface area contributed by atoms with Gasteiger partial charge >= 0.3 is 6.09 Å². The van der Waals surface area contributed by atoms with Crippen LogP contribution in [0, 0.1) is 11.8 Å². The van der Waals surface area contributed by atoms with Gasteiger partial charge in [-0.25, -0.2) is 4.79 Å². The van der Waals surface area contributed by atoms with E-state index >= 15 is 0 Å². The lowest BCUT2D eigenvalue weighted by molar-refractivity contribution is 0.0526. The number of rotatable bonds is 10. The van der Waals surface area contributed by atoms with Crippen LogP contribution in [0.25, 0.3) is 0 Å². The Labute approximate surface area is 135 Å². The largest absolute Gasteiger partial charge is 0.444 e. The molecule has 2 unspecified atom stereocenters. The fraction of sp³-hybridized carbons (Fsp3) is 0.941. The Bertz CT molecular complexity index is 324. The third kappa shape index (κ3) is 9.26. The van der Waals surface area contributed by atoms with Crippen LogP contribution in [-0.4, -0.2) is 44.5 Å². The second-order valence-electron chi connectivity index (χ2n) is 7.45. The van der Waals surface area contributed by atoms with Crippen molar-refractivity contribution >= 4 is 6.09 Å².